The summed E-state index contributed by atoms with van der Waals surface area (Å²) in [6.45, 7) is 0. The van der Waals surface area contributed by atoms with E-state index in [1.165, 1.54) is 122 Å². The third kappa shape index (κ3) is 5.48. The van der Waals surface area contributed by atoms with Crippen molar-refractivity contribution in [3.8, 4) is 22.3 Å². The maximum Gasteiger partial charge on any atom is 0.0555 e. The summed E-state index contributed by atoms with van der Waals surface area (Å²) in [5.74, 6) is 0.602. The van der Waals surface area contributed by atoms with Gasteiger partial charge in [-0.15, -0.1) is 22.7 Å². The fourth-order valence-electron chi connectivity index (χ4n) is 9.40. The summed E-state index contributed by atoms with van der Waals surface area (Å²) in [4.78, 5) is 2.53. The molecule has 3 heteroatoms. The highest BCUT2D eigenvalue weighted by Crippen LogP contribution is 2.49. The van der Waals surface area contributed by atoms with Crippen molar-refractivity contribution >= 4 is 90.9 Å². The van der Waals surface area contributed by atoms with Crippen molar-refractivity contribution in [3.63, 3.8) is 0 Å². The molecule has 0 unspecified atom stereocenters. The van der Waals surface area contributed by atoms with Gasteiger partial charge in [-0.25, -0.2) is 0 Å². The summed E-state index contributed by atoms with van der Waals surface area (Å²) >= 11 is 3.76. The molecular weight excluding hydrogens is 703 g/mol. The standard InChI is InChI=1S/C52H39NS2/c1-2-14-34(15-3-1)38-21-10-16-36-17-11-23-41(50(36)38)40-18-4-7-24-44(40)53(45-25-13-29-49-52(45)43-20-6-9-27-47(43)55-49)37-32-30-35(31-33-37)39-22-12-28-48-51(39)42-19-5-8-26-46(42)54-48/h4-13,16-34H,1-3,14-15H2. The number of anilines is 3. The van der Waals surface area contributed by atoms with Gasteiger partial charge in [-0.05, 0) is 100 Å². The molecule has 0 amide bonds. The first-order valence-corrected chi connectivity index (χ1v) is 21.3. The first-order chi connectivity index (χ1) is 27.3. The highest BCUT2D eigenvalue weighted by atomic mass is 32.1. The quantitative estimate of drug-likeness (QED) is 0.164. The average molecular weight is 742 g/mol. The second-order valence-electron chi connectivity index (χ2n) is 15.0. The zero-order chi connectivity index (χ0) is 36.3. The van der Waals surface area contributed by atoms with Gasteiger partial charge in [-0.1, -0.05) is 141 Å². The Bertz CT molecular complexity index is 3030. The summed E-state index contributed by atoms with van der Waals surface area (Å²) in [6.07, 6.45) is 6.54. The van der Waals surface area contributed by atoms with Crippen molar-refractivity contribution in [3.05, 3.63) is 175 Å². The van der Waals surface area contributed by atoms with Gasteiger partial charge in [0.05, 0.1) is 11.4 Å². The fourth-order valence-corrected chi connectivity index (χ4v) is 11.7. The fraction of sp³-hybridized carbons (Fsp3) is 0.115. The van der Waals surface area contributed by atoms with Crippen LogP contribution < -0.4 is 4.90 Å². The smallest absolute Gasteiger partial charge is 0.0555 e. The third-order valence-electron chi connectivity index (χ3n) is 11.9. The van der Waals surface area contributed by atoms with Gasteiger partial charge in [0.2, 0.25) is 0 Å². The first-order valence-electron chi connectivity index (χ1n) is 19.6. The monoisotopic (exact) mass is 741 g/mol. The molecule has 0 atom stereocenters. The summed E-state index contributed by atoms with van der Waals surface area (Å²) in [7, 11) is 0. The molecule has 1 fully saturated rings. The number of hydrogen-bond donors (Lipinski definition) is 0. The summed E-state index contributed by atoms with van der Waals surface area (Å²) in [5, 5.41) is 8.02. The zero-order valence-corrected chi connectivity index (χ0v) is 32.2. The number of para-hydroxylation sites is 1. The van der Waals surface area contributed by atoms with E-state index in [2.05, 4.69) is 175 Å². The molecule has 0 radical (unpaired) electrons. The van der Waals surface area contributed by atoms with Crippen LogP contribution in [0.25, 0.3) is 73.4 Å². The van der Waals surface area contributed by atoms with E-state index >= 15 is 0 Å². The molecule has 1 nitrogen and oxygen atoms in total. The molecule has 10 aromatic rings. The van der Waals surface area contributed by atoms with Gasteiger partial charge in [0.1, 0.15) is 0 Å². The van der Waals surface area contributed by atoms with Crippen molar-refractivity contribution in [1.82, 2.24) is 0 Å². The lowest BCUT2D eigenvalue weighted by Gasteiger charge is -2.30. The Balaban J connectivity index is 1.14. The van der Waals surface area contributed by atoms with Crippen LogP contribution in [-0.4, -0.2) is 0 Å². The predicted octanol–water partition coefficient (Wildman–Crippen LogP) is 16.4. The molecule has 264 valence electrons. The number of thiophene rings is 2. The zero-order valence-electron chi connectivity index (χ0n) is 30.5. The molecule has 1 aliphatic rings. The van der Waals surface area contributed by atoms with E-state index in [9.17, 15) is 0 Å². The van der Waals surface area contributed by atoms with E-state index in [0.717, 1.165) is 5.69 Å². The Hall–Kier alpha value is -5.74. The number of fused-ring (bicyclic) bond motifs is 7. The molecule has 2 aromatic heterocycles. The van der Waals surface area contributed by atoms with Gasteiger partial charge in [0, 0.05) is 51.6 Å². The molecule has 1 saturated carbocycles. The van der Waals surface area contributed by atoms with E-state index in [-0.39, 0.29) is 0 Å². The summed E-state index contributed by atoms with van der Waals surface area (Å²) in [6, 6.07) is 63.6. The second-order valence-corrected chi connectivity index (χ2v) is 17.2. The van der Waals surface area contributed by atoms with Crippen LogP contribution in [0.15, 0.2) is 170 Å². The minimum absolute atomic E-state index is 0.602. The Morgan fingerprint density at radius 2 is 0.964 bits per heavy atom. The maximum atomic E-state index is 2.53. The summed E-state index contributed by atoms with van der Waals surface area (Å²) in [5.41, 5.74) is 10.1. The van der Waals surface area contributed by atoms with Crippen molar-refractivity contribution in [2.24, 2.45) is 0 Å². The van der Waals surface area contributed by atoms with Gasteiger partial charge < -0.3 is 4.90 Å². The maximum absolute atomic E-state index is 2.53. The Kier molecular flexibility index (Phi) is 8.04. The van der Waals surface area contributed by atoms with Crippen LogP contribution in [0.2, 0.25) is 0 Å². The largest absolute Gasteiger partial charge is 0.309 e. The first kappa shape index (κ1) is 32.7. The molecule has 0 aliphatic heterocycles. The van der Waals surface area contributed by atoms with Crippen LogP contribution in [-0.2, 0) is 0 Å². The molecule has 0 N–H and O–H groups in total. The van der Waals surface area contributed by atoms with E-state index in [4.69, 9.17) is 0 Å². The Labute approximate surface area is 329 Å². The molecule has 0 saturated heterocycles. The van der Waals surface area contributed by atoms with Crippen LogP contribution in [0.4, 0.5) is 17.1 Å². The lowest BCUT2D eigenvalue weighted by molar-refractivity contribution is 0.445. The van der Waals surface area contributed by atoms with Gasteiger partial charge >= 0.3 is 0 Å². The van der Waals surface area contributed by atoms with Crippen molar-refractivity contribution in [2.75, 3.05) is 4.90 Å². The molecule has 1 aliphatic carbocycles. The molecule has 0 spiro atoms. The van der Waals surface area contributed by atoms with Crippen LogP contribution in [0, 0.1) is 0 Å². The minimum Gasteiger partial charge on any atom is -0.309 e. The molecule has 55 heavy (non-hydrogen) atoms. The van der Waals surface area contributed by atoms with E-state index in [0.29, 0.717) is 5.92 Å². The minimum atomic E-state index is 0.602. The van der Waals surface area contributed by atoms with Gasteiger partial charge in [-0.2, -0.15) is 0 Å². The van der Waals surface area contributed by atoms with E-state index < -0.39 is 0 Å². The molecular formula is C52H39NS2. The van der Waals surface area contributed by atoms with Gasteiger partial charge in [0.25, 0.3) is 0 Å². The topological polar surface area (TPSA) is 3.24 Å². The van der Waals surface area contributed by atoms with E-state index in [1.54, 1.807) is 0 Å². The number of benzene rings is 8. The van der Waals surface area contributed by atoms with Gasteiger partial charge in [-0.3, -0.25) is 0 Å². The highest BCUT2D eigenvalue weighted by Gasteiger charge is 2.24. The molecule has 8 aromatic carbocycles. The number of hydrogen-bond acceptors (Lipinski definition) is 3. The lowest BCUT2D eigenvalue weighted by Crippen LogP contribution is -2.12. The van der Waals surface area contributed by atoms with Crippen molar-refractivity contribution in [1.29, 1.82) is 0 Å². The highest BCUT2D eigenvalue weighted by molar-refractivity contribution is 7.26. The third-order valence-corrected chi connectivity index (χ3v) is 14.1. The normalized spacial score (nSPS) is 13.7. The van der Waals surface area contributed by atoms with Crippen molar-refractivity contribution in [2.45, 2.75) is 38.0 Å². The Morgan fingerprint density at radius 3 is 1.75 bits per heavy atom. The van der Waals surface area contributed by atoms with Crippen LogP contribution in [0.1, 0.15) is 43.6 Å². The van der Waals surface area contributed by atoms with E-state index in [1.807, 2.05) is 22.7 Å². The average Bonchev–Trinajstić information content (AvgIpc) is 3.83. The lowest BCUT2D eigenvalue weighted by atomic mass is 9.80. The van der Waals surface area contributed by atoms with Crippen LogP contribution in [0.5, 0.6) is 0 Å². The Morgan fingerprint density at radius 1 is 0.400 bits per heavy atom. The molecule has 11 rings (SSSR count). The van der Waals surface area contributed by atoms with Gasteiger partial charge in [0.15, 0.2) is 0 Å². The summed E-state index contributed by atoms with van der Waals surface area (Å²) < 4.78 is 5.28. The number of rotatable bonds is 6. The predicted molar refractivity (Wildman–Crippen MR) is 241 cm³/mol. The molecule has 0 bridgehead atoms. The van der Waals surface area contributed by atoms with Crippen LogP contribution >= 0.6 is 22.7 Å². The number of nitrogens with zero attached hydrogens (tertiary/aromatic N) is 1. The van der Waals surface area contributed by atoms with Crippen molar-refractivity contribution < 1.29 is 0 Å². The molecule has 2 heterocycles. The SMILES string of the molecule is c1ccc(N(c2ccc(-c3cccc4sc5ccccc5c34)cc2)c2cccc3sc4ccccc4c23)c(-c2cccc3cccc(C4CCCCC4)c23)c1. The second kappa shape index (κ2) is 13.5. The van der Waals surface area contributed by atoms with Crippen LogP contribution in [0.3, 0.4) is 0 Å².